The van der Waals surface area contributed by atoms with E-state index in [1.165, 1.54) is 12.4 Å². The first-order valence-corrected chi connectivity index (χ1v) is 7.81. The molecule has 0 aromatic heterocycles. The second-order valence-corrected chi connectivity index (χ2v) is 5.52. The molecule has 2 aromatic rings. The first kappa shape index (κ1) is 20.9. The Balaban J connectivity index is 2.20. The van der Waals surface area contributed by atoms with Crippen LogP contribution in [-0.2, 0) is 11.2 Å². The van der Waals surface area contributed by atoms with Gasteiger partial charge in [0.2, 0.25) is 34.8 Å². The van der Waals surface area contributed by atoms with Gasteiger partial charge in [-0.3, -0.25) is 0 Å². The maximum atomic E-state index is 13.7. The molecule has 0 spiro atoms. The number of nitrogens with zero attached hydrogens (tertiary/aromatic N) is 1. The smallest absolute Gasteiger partial charge is 0.370 e. The van der Waals surface area contributed by atoms with Crippen LogP contribution < -0.4 is 10.1 Å². The maximum absolute atomic E-state index is 13.7. The van der Waals surface area contributed by atoms with Crippen LogP contribution in [0, 0.1) is 52.3 Å². The summed E-state index contributed by atoms with van der Waals surface area (Å²) in [4.78, 5) is 12.2. The van der Waals surface area contributed by atoms with Crippen LogP contribution in [0.1, 0.15) is 11.1 Å². The highest BCUT2D eigenvalue weighted by Gasteiger charge is 2.31. The third-order valence-electron chi connectivity index (χ3n) is 3.75. The molecule has 144 valence electrons. The Hall–Kier alpha value is -3.43. The summed E-state index contributed by atoms with van der Waals surface area (Å²) >= 11 is 0. The van der Waals surface area contributed by atoms with Crippen molar-refractivity contribution < 1.29 is 36.8 Å². The molecule has 0 amide bonds. The summed E-state index contributed by atoms with van der Waals surface area (Å²) in [7, 11) is 1.48. The van der Waals surface area contributed by atoms with E-state index < -0.39 is 46.8 Å². The molecule has 0 aliphatic rings. The number of carbonyl (C=O) groups is 1. The van der Waals surface area contributed by atoms with E-state index in [4.69, 9.17) is 5.26 Å². The van der Waals surface area contributed by atoms with Gasteiger partial charge in [0.25, 0.3) is 0 Å². The van der Waals surface area contributed by atoms with Crippen LogP contribution in [0.3, 0.4) is 0 Å². The van der Waals surface area contributed by atoms with Crippen molar-refractivity contribution in [2.75, 3.05) is 7.05 Å². The van der Waals surface area contributed by atoms with Gasteiger partial charge < -0.3 is 10.1 Å². The van der Waals surface area contributed by atoms with Crippen molar-refractivity contribution in [3.8, 4) is 23.7 Å². The van der Waals surface area contributed by atoms with Crippen molar-refractivity contribution in [1.29, 1.82) is 5.26 Å². The summed E-state index contributed by atoms with van der Waals surface area (Å²) in [5.41, 5.74) is 1.19. The summed E-state index contributed by atoms with van der Waals surface area (Å²) in [6, 6.07) is 7.08. The van der Waals surface area contributed by atoms with Gasteiger partial charge in [0.05, 0.1) is 7.05 Å². The van der Waals surface area contributed by atoms with Crippen LogP contribution in [-0.4, -0.2) is 19.1 Å². The van der Waals surface area contributed by atoms with Crippen molar-refractivity contribution >= 4 is 5.97 Å². The van der Waals surface area contributed by atoms with Crippen LogP contribution in [0.4, 0.5) is 22.0 Å². The quantitative estimate of drug-likeness (QED) is 0.210. The van der Waals surface area contributed by atoms with Crippen molar-refractivity contribution in [2.45, 2.75) is 12.5 Å². The molecule has 0 aliphatic heterocycles. The number of hydrogen-bond donors (Lipinski definition) is 1. The zero-order valence-corrected chi connectivity index (χ0v) is 14.3. The van der Waals surface area contributed by atoms with Gasteiger partial charge in [-0.15, -0.1) is 0 Å². The number of likely N-dealkylation sites (N-methyl/N-ethyl adjacent to an activating group) is 1. The largest absolute Gasteiger partial charge is 0.416 e. The Labute approximate surface area is 156 Å². The SMILES string of the molecule is C[NH2+]C(Cc1ccc(C#CC#N)cc1)C(=O)Oc1c(F)c(F)c(F)c(F)c1F. The third-order valence-corrected chi connectivity index (χ3v) is 3.75. The molecule has 2 rings (SSSR count). The van der Waals surface area contributed by atoms with Crippen LogP contribution in [0.2, 0.25) is 0 Å². The van der Waals surface area contributed by atoms with Crippen molar-refractivity contribution in [1.82, 2.24) is 0 Å². The number of ether oxygens (including phenoxy) is 1. The van der Waals surface area contributed by atoms with Crippen LogP contribution in [0.5, 0.6) is 5.75 Å². The second-order valence-electron chi connectivity index (χ2n) is 5.52. The normalized spacial score (nSPS) is 11.2. The van der Waals surface area contributed by atoms with E-state index in [0.29, 0.717) is 11.1 Å². The Morgan fingerprint density at radius 1 is 1.04 bits per heavy atom. The molecule has 0 fully saturated rings. The molecule has 0 saturated carbocycles. The van der Waals surface area contributed by atoms with Gasteiger partial charge in [-0.25, -0.2) is 18.0 Å². The van der Waals surface area contributed by atoms with E-state index in [1.807, 2.05) is 0 Å². The number of quaternary nitrogens is 1. The number of nitrogens with two attached hydrogens (primary N) is 1. The first-order chi connectivity index (χ1) is 13.3. The minimum absolute atomic E-state index is 0.0523. The van der Waals surface area contributed by atoms with Crippen molar-refractivity contribution in [2.24, 2.45) is 0 Å². The highest BCUT2D eigenvalue weighted by atomic mass is 19.2. The molecule has 1 atom stereocenters. The number of esters is 1. The molecule has 2 N–H and O–H groups in total. The van der Waals surface area contributed by atoms with E-state index >= 15 is 0 Å². The van der Waals surface area contributed by atoms with Gasteiger partial charge >= 0.3 is 5.97 Å². The average Bonchev–Trinajstić information content (AvgIpc) is 2.71. The molecule has 2 aromatic carbocycles. The van der Waals surface area contributed by atoms with Crippen LogP contribution in [0.15, 0.2) is 24.3 Å². The van der Waals surface area contributed by atoms with Crippen molar-refractivity contribution in [3.05, 3.63) is 64.5 Å². The van der Waals surface area contributed by atoms with Crippen LogP contribution >= 0.6 is 0 Å². The van der Waals surface area contributed by atoms with E-state index in [2.05, 4.69) is 16.6 Å². The first-order valence-electron chi connectivity index (χ1n) is 7.81. The topological polar surface area (TPSA) is 66.7 Å². The molecular formula is C19H12F5N2O2+. The van der Waals surface area contributed by atoms with E-state index in [-0.39, 0.29) is 6.42 Å². The lowest BCUT2D eigenvalue weighted by Crippen LogP contribution is -2.89. The highest BCUT2D eigenvalue weighted by molar-refractivity contribution is 5.77. The zero-order valence-electron chi connectivity index (χ0n) is 14.3. The van der Waals surface area contributed by atoms with E-state index in [1.54, 1.807) is 30.3 Å². The summed E-state index contributed by atoms with van der Waals surface area (Å²) in [5.74, 6) is -9.21. The Bertz CT molecular complexity index is 975. The molecule has 0 aliphatic carbocycles. The Morgan fingerprint density at radius 3 is 2.07 bits per heavy atom. The standard InChI is InChI=1S/C19H11F5N2O2/c1-26-12(9-11-6-4-10(5-7-11)3-2-8-25)19(27)28-18-16(23)14(21)13(20)15(22)17(18)24/h4-7,12,26H,9H2,1H3/p+1. The molecule has 0 bridgehead atoms. The molecule has 1 unspecified atom stereocenters. The maximum Gasteiger partial charge on any atom is 0.370 e. The van der Waals surface area contributed by atoms with Gasteiger partial charge in [-0.2, -0.15) is 14.0 Å². The average molecular weight is 395 g/mol. The lowest BCUT2D eigenvalue weighted by Gasteiger charge is -2.14. The second kappa shape index (κ2) is 8.98. The number of nitriles is 1. The van der Waals surface area contributed by atoms with E-state index in [9.17, 15) is 26.7 Å². The predicted octanol–water partition coefficient (Wildman–Crippen LogP) is 1.97. The fourth-order valence-corrected chi connectivity index (χ4v) is 2.27. The fraction of sp³-hybridized carbons (Fsp3) is 0.158. The summed E-state index contributed by atoms with van der Waals surface area (Å²) in [5, 5.41) is 9.78. The predicted molar refractivity (Wildman–Crippen MR) is 86.1 cm³/mol. The van der Waals surface area contributed by atoms with Gasteiger partial charge in [0.15, 0.2) is 12.1 Å². The lowest BCUT2D eigenvalue weighted by atomic mass is 10.0. The van der Waals surface area contributed by atoms with Gasteiger partial charge in [0.1, 0.15) is 0 Å². The summed E-state index contributed by atoms with van der Waals surface area (Å²) in [6.45, 7) is 0. The zero-order chi connectivity index (χ0) is 20.8. The number of rotatable bonds is 5. The molecule has 0 radical (unpaired) electrons. The minimum Gasteiger partial charge on any atom is -0.416 e. The summed E-state index contributed by atoms with van der Waals surface area (Å²) in [6.07, 6.45) is 0.0523. The number of benzene rings is 2. The molecule has 0 saturated heterocycles. The molecule has 0 heterocycles. The molecular weight excluding hydrogens is 383 g/mol. The molecule has 4 nitrogen and oxygen atoms in total. The summed E-state index contributed by atoms with van der Waals surface area (Å²) < 4.78 is 71.3. The van der Waals surface area contributed by atoms with Gasteiger partial charge in [-0.05, 0) is 17.7 Å². The number of carbonyl (C=O) groups excluding carboxylic acids is 1. The fourth-order valence-electron chi connectivity index (χ4n) is 2.27. The molecule has 28 heavy (non-hydrogen) atoms. The lowest BCUT2D eigenvalue weighted by molar-refractivity contribution is -0.651. The third kappa shape index (κ3) is 4.45. The Morgan fingerprint density at radius 2 is 1.57 bits per heavy atom. The van der Waals surface area contributed by atoms with Gasteiger partial charge in [-0.1, -0.05) is 18.1 Å². The Kier molecular flexibility index (Phi) is 6.69. The van der Waals surface area contributed by atoms with Crippen molar-refractivity contribution in [3.63, 3.8) is 0 Å². The minimum atomic E-state index is -2.34. The van der Waals surface area contributed by atoms with Gasteiger partial charge in [0, 0.05) is 17.9 Å². The molecule has 9 heteroatoms. The highest BCUT2D eigenvalue weighted by Crippen LogP contribution is 2.29. The number of halogens is 5. The monoisotopic (exact) mass is 395 g/mol. The van der Waals surface area contributed by atoms with Crippen LogP contribution in [0.25, 0.3) is 0 Å². The van der Waals surface area contributed by atoms with E-state index in [0.717, 1.165) is 0 Å². The number of hydrogen-bond acceptors (Lipinski definition) is 3.